The third-order valence-corrected chi connectivity index (χ3v) is 5.07. The number of hydrogen-bond donors (Lipinski definition) is 3. The summed E-state index contributed by atoms with van der Waals surface area (Å²) in [4.78, 5) is 44.0. The number of pyridine rings is 1. The van der Waals surface area contributed by atoms with E-state index < -0.39 is 11.9 Å². The van der Waals surface area contributed by atoms with Gasteiger partial charge in [0, 0.05) is 63.6 Å². The van der Waals surface area contributed by atoms with Crippen LogP contribution in [-0.4, -0.2) is 65.5 Å². The van der Waals surface area contributed by atoms with Crippen molar-refractivity contribution in [2.24, 2.45) is 5.92 Å². The predicted octanol–water partition coefficient (Wildman–Crippen LogP) is 1.89. The van der Waals surface area contributed by atoms with E-state index in [-0.39, 0.29) is 18.2 Å². The summed E-state index contributed by atoms with van der Waals surface area (Å²) in [5, 5.41) is 15.0. The van der Waals surface area contributed by atoms with Crippen molar-refractivity contribution in [1.82, 2.24) is 9.88 Å². The maximum atomic E-state index is 12.4. The smallest absolute Gasteiger partial charge is 0.308 e. The summed E-state index contributed by atoms with van der Waals surface area (Å²) in [6.07, 6.45) is 1.63. The molecule has 1 aliphatic rings. The quantitative estimate of drug-likeness (QED) is 0.592. The van der Waals surface area contributed by atoms with E-state index in [2.05, 4.69) is 25.4 Å². The third-order valence-electron chi connectivity index (χ3n) is 5.07. The van der Waals surface area contributed by atoms with E-state index in [1.54, 1.807) is 30.5 Å². The molecule has 0 unspecified atom stereocenters. The maximum Gasteiger partial charge on any atom is 0.308 e. The van der Waals surface area contributed by atoms with Crippen LogP contribution >= 0.6 is 0 Å². The van der Waals surface area contributed by atoms with Crippen molar-refractivity contribution in [3.05, 3.63) is 48.7 Å². The number of amides is 2. The molecule has 1 atom stereocenters. The van der Waals surface area contributed by atoms with E-state index in [1.165, 1.54) is 6.92 Å². The molecule has 9 nitrogen and oxygen atoms in total. The molecule has 1 fully saturated rings. The normalized spacial score (nSPS) is 15.2. The first-order valence-electron chi connectivity index (χ1n) is 10.2. The van der Waals surface area contributed by atoms with Gasteiger partial charge in [-0.3, -0.25) is 19.3 Å². The standard InChI is InChI=1S/C22H27N5O4/c1-16(28)24-18-5-4-6-19(14-18)25-21(29)13-17(22(30)31)15-26-9-11-27(12-10-26)20-7-2-3-8-23-20/h2-8,14,17H,9-13,15H2,1H3,(H,24,28)(H,25,29)(H,30,31)/t17-/m1/s1. The van der Waals surface area contributed by atoms with Gasteiger partial charge in [-0.25, -0.2) is 4.98 Å². The highest BCUT2D eigenvalue weighted by atomic mass is 16.4. The molecular weight excluding hydrogens is 398 g/mol. The molecule has 2 amide bonds. The van der Waals surface area contributed by atoms with Crippen LogP contribution in [0.5, 0.6) is 0 Å². The van der Waals surface area contributed by atoms with E-state index in [1.807, 2.05) is 18.2 Å². The fourth-order valence-electron chi connectivity index (χ4n) is 3.56. The van der Waals surface area contributed by atoms with E-state index in [4.69, 9.17) is 0 Å². The monoisotopic (exact) mass is 425 g/mol. The third kappa shape index (κ3) is 6.78. The number of benzene rings is 1. The summed E-state index contributed by atoms with van der Waals surface area (Å²) in [5.74, 6) is -1.47. The molecule has 2 aromatic rings. The molecule has 1 aliphatic heterocycles. The van der Waals surface area contributed by atoms with Crippen LogP contribution in [0.3, 0.4) is 0 Å². The van der Waals surface area contributed by atoms with Crippen molar-refractivity contribution in [1.29, 1.82) is 0 Å². The number of piperazine rings is 1. The fourth-order valence-corrected chi connectivity index (χ4v) is 3.56. The first-order chi connectivity index (χ1) is 14.9. The van der Waals surface area contributed by atoms with Crippen molar-refractivity contribution < 1.29 is 19.5 Å². The number of carbonyl (C=O) groups excluding carboxylic acids is 2. The molecule has 0 spiro atoms. The largest absolute Gasteiger partial charge is 0.481 e. The van der Waals surface area contributed by atoms with E-state index in [9.17, 15) is 19.5 Å². The van der Waals surface area contributed by atoms with Gasteiger partial charge < -0.3 is 20.6 Å². The van der Waals surface area contributed by atoms with Gasteiger partial charge in [0.25, 0.3) is 0 Å². The highest BCUT2D eigenvalue weighted by Crippen LogP contribution is 2.18. The molecule has 3 rings (SSSR count). The number of aliphatic carboxylic acids is 1. The van der Waals surface area contributed by atoms with Gasteiger partial charge in [-0.15, -0.1) is 0 Å². The summed E-state index contributed by atoms with van der Waals surface area (Å²) < 4.78 is 0. The summed E-state index contributed by atoms with van der Waals surface area (Å²) >= 11 is 0. The summed E-state index contributed by atoms with van der Waals surface area (Å²) in [6, 6.07) is 12.5. The van der Waals surface area contributed by atoms with Gasteiger partial charge in [0.1, 0.15) is 5.82 Å². The average molecular weight is 425 g/mol. The molecule has 0 radical (unpaired) electrons. The number of nitrogens with one attached hydrogen (secondary N) is 2. The minimum absolute atomic E-state index is 0.125. The van der Waals surface area contributed by atoms with Crippen LogP contribution in [0.15, 0.2) is 48.7 Å². The van der Waals surface area contributed by atoms with Crippen molar-refractivity contribution in [2.75, 3.05) is 48.3 Å². The molecule has 164 valence electrons. The number of hydrogen-bond acceptors (Lipinski definition) is 6. The minimum Gasteiger partial charge on any atom is -0.481 e. The van der Waals surface area contributed by atoms with E-state index >= 15 is 0 Å². The molecule has 3 N–H and O–H groups in total. The van der Waals surface area contributed by atoms with Crippen LogP contribution in [0, 0.1) is 5.92 Å². The molecule has 9 heteroatoms. The zero-order chi connectivity index (χ0) is 22.2. The Hall–Kier alpha value is -3.46. The Morgan fingerprint density at radius 3 is 2.35 bits per heavy atom. The molecule has 0 aliphatic carbocycles. The Balaban J connectivity index is 1.51. The average Bonchev–Trinajstić information content (AvgIpc) is 2.74. The highest BCUT2D eigenvalue weighted by molar-refractivity contribution is 5.94. The molecule has 31 heavy (non-hydrogen) atoms. The Morgan fingerprint density at radius 2 is 1.74 bits per heavy atom. The lowest BCUT2D eigenvalue weighted by atomic mass is 10.0. The van der Waals surface area contributed by atoms with Gasteiger partial charge in [-0.1, -0.05) is 12.1 Å². The van der Waals surface area contributed by atoms with E-state index in [0.717, 1.165) is 18.9 Å². The van der Waals surface area contributed by atoms with Gasteiger partial charge in [0.15, 0.2) is 0 Å². The Bertz CT molecular complexity index is 913. The van der Waals surface area contributed by atoms with Crippen molar-refractivity contribution in [2.45, 2.75) is 13.3 Å². The second kappa shape index (κ2) is 10.5. The fraction of sp³-hybridized carbons (Fsp3) is 0.364. The van der Waals surface area contributed by atoms with Gasteiger partial charge in [-0.2, -0.15) is 0 Å². The number of aromatic nitrogens is 1. The lowest BCUT2D eigenvalue weighted by Crippen LogP contribution is -2.49. The summed E-state index contributed by atoms with van der Waals surface area (Å²) in [6.45, 7) is 4.64. The number of carboxylic acids is 1. The Morgan fingerprint density at radius 1 is 1.03 bits per heavy atom. The number of carboxylic acid groups (broad SMARTS) is 1. The van der Waals surface area contributed by atoms with Gasteiger partial charge in [0.05, 0.1) is 5.92 Å². The Labute approximate surface area is 181 Å². The second-order valence-electron chi connectivity index (χ2n) is 7.53. The predicted molar refractivity (Wildman–Crippen MR) is 118 cm³/mol. The Kier molecular flexibility index (Phi) is 7.55. The maximum absolute atomic E-state index is 12.4. The molecule has 1 saturated heterocycles. The first kappa shape index (κ1) is 22.2. The van der Waals surface area contributed by atoms with Crippen LogP contribution in [0.2, 0.25) is 0 Å². The lowest BCUT2D eigenvalue weighted by molar-refractivity contribution is -0.144. The molecule has 0 bridgehead atoms. The van der Waals surface area contributed by atoms with Crippen LogP contribution < -0.4 is 15.5 Å². The van der Waals surface area contributed by atoms with Crippen LogP contribution in [-0.2, 0) is 14.4 Å². The number of carbonyl (C=O) groups is 3. The van der Waals surface area contributed by atoms with Crippen molar-refractivity contribution >= 4 is 35.0 Å². The minimum atomic E-state index is -0.991. The summed E-state index contributed by atoms with van der Waals surface area (Å²) in [5.41, 5.74) is 1.07. The van der Waals surface area contributed by atoms with Crippen molar-refractivity contribution in [3.8, 4) is 0 Å². The van der Waals surface area contributed by atoms with Crippen LogP contribution in [0.4, 0.5) is 17.2 Å². The highest BCUT2D eigenvalue weighted by Gasteiger charge is 2.26. The molecule has 1 aromatic carbocycles. The van der Waals surface area contributed by atoms with Gasteiger partial charge in [-0.05, 0) is 30.3 Å². The SMILES string of the molecule is CC(=O)Nc1cccc(NC(=O)C[C@H](CN2CCN(c3ccccn3)CC2)C(=O)O)c1. The molecule has 1 aromatic heterocycles. The van der Waals surface area contributed by atoms with Gasteiger partial charge >= 0.3 is 5.97 Å². The zero-order valence-corrected chi connectivity index (χ0v) is 17.5. The molecule has 2 heterocycles. The molecule has 0 saturated carbocycles. The first-order valence-corrected chi connectivity index (χ1v) is 10.2. The van der Waals surface area contributed by atoms with Crippen LogP contribution in [0.25, 0.3) is 0 Å². The number of anilines is 3. The summed E-state index contributed by atoms with van der Waals surface area (Å²) in [7, 11) is 0. The zero-order valence-electron chi connectivity index (χ0n) is 17.5. The van der Waals surface area contributed by atoms with E-state index in [0.29, 0.717) is 31.0 Å². The van der Waals surface area contributed by atoms with Crippen LogP contribution in [0.1, 0.15) is 13.3 Å². The lowest BCUT2D eigenvalue weighted by Gasteiger charge is -2.36. The second-order valence-corrected chi connectivity index (χ2v) is 7.53. The molecular formula is C22H27N5O4. The number of nitrogens with zero attached hydrogens (tertiary/aromatic N) is 3. The topological polar surface area (TPSA) is 115 Å². The van der Waals surface area contributed by atoms with Gasteiger partial charge in [0.2, 0.25) is 11.8 Å². The number of rotatable bonds is 8. The van der Waals surface area contributed by atoms with Crippen molar-refractivity contribution in [3.63, 3.8) is 0 Å².